The van der Waals surface area contributed by atoms with Crippen molar-refractivity contribution in [1.29, 1.82) is 0 Å². The molecule has 0 aliphatic heterocycles. The molecule has 0 radical (unpaired) electrons. The van der Waals surface area contributed by atoms with E-state index < -0.39 is 11.5 Å². The second-order valence-electron chi connectivity index (χ2n) is 2.59. The SMILES string of the molecule is Nc1nc(=O)[nH]c2cccc(F)c12. The monoisotopic (exact) mass is 179 g/mol. The fourth-order valence-corrected chi connectivity index (χ4v) is 1.20. The van der Waals surface area contributed by atoms with Crippen LogP contribution in [0.4, 0.5) is 10.2 Å². The van der Waals surface area contributed by atoms with Crippen molar-refractivity contribution >= 4 is 16.7 Å². The fourth-order valence-electron chi connectivity index (χ4n) is 1.20. The number of benzene rings is 1. The molecule has 0 aliphatic rings. The Morgan fingerprint density at radius 1 is 1.46 bits per heavy atom. The van der Waals surface area contributed by atoms with E-state index in [1.54, 1.807) is 6.07 Å². The quantitative estimate of drug-likeness (QED) is 0.623. The van der Waals surface area contributed by atoms with Gasteiger partial charge < -0.3 is 10.7 Å². The molecule has 0 saturated carbocycles. The maximum atomic E-state index is 13.1. The van der Waals surface area contributed by atoms with Crippen molar-refractivity contribution in [2.24, 2.45) is 0 Å². The maximum absolute atomic E-state index is 13.1. The van der Waals surface area contributed by atoms with Crippen molar-refractivity contribution in [3.8, 4) is 0 Å². The average Bonchev–Trinajstić information content (AvgIpc) is 2.02. The van der Waals surface area contributed by atoms with Gasteiger partial charge in [0.2, 0.25) is 0 Å². The molecule has 0 unspecified atom stereocenters. The number of aromatic nitrogens is 2. The molecule has 5 heteroatoms. The summed E-state index contributed by atoms with van der Waals surface area (Å²) in [6, 6.07) is 4.32. The Bertz CT molecular complexity index is 520. The summed E-state index contributed by atoms with van der Waals surface area (Å²) in [6.45, 7) is 0. The van der Waals surface area contributed by atoms with E-state index in [2.05, 4.69) is 9.97 Å². The minimum absolute atomic E-state index is 0.0862. The lowest BCUT2D eigenvalue weighted by atomic mass is 10.2. The highest BCUT2D eigenvalue weighted by Gasteiger charge is 2.05. The molecule has 0 spiro atoms. The first-order chi connectivity index (χ1) is 6.18. The first kappa shape index (κ1) is 7.72. The molecule has 0 atom stereocenters. The zero-order chi connectivity index (χ0) is 9.42. The number of H-pyrrole nitrogens is 1. The lowest BCUT2D eigenvalue weighted by Crippen LogP contribution is -2.13. The van der Waals surface area contributed by atoms with E-state index in [0.717, 1.165) is 0 Å². The maximum Gasteiger partial charge on any atom is 0.347 e. The molecule has 0 bridgehead atoms. The van der Waals surface area contributed by atoms with E-state index in [9.17, 15) is 9.18 Å². The molecule has 1 heterocycles. The molecule has 0 fully saturated rings. The third kappa shape index (κ3) is 1.14. The van der Waals surface area contributed by atoms with Crippen molar-refractivity contribution in [1.82, 2.24) is 9.97 Å². The Morgan fingerprint density at radius 3 is 3.00 bits per heavy atom. The van der Waals surface area contributed by atoms with Crippen molar-refractivity contribution < 1.29 is 4.39 Å². The number of halogens is 1. The molecular formula is C8H6FN3O. The lowest BCUT2D eigenvalue weighted by molar-refractivity contribution is 0.639. The third-order valence-corrected chi connectivity index (χ3v) is 1.73. The highest BCUT2D eigenvalue weighted by Crippen LogP contribution is 2.17. The number of nitrogens with one attached hydrogen (secondary N) is 1. The van der Waals surface area contributed by atoms with Gasteiger partial charge in [0.1, 0.15) is 11.6 Å². The van der Waals surface area contributed by atoms with Crippen LogP contribution in [0.25, 0.3) is 10.9 Å². The number of nitrogens with two attached hydrogens (primary N) is 1. The highest BCUT2D eigenvalue weighted by molar-refractivity contribution is 5.87. The van der Waals surface area contributed by atoms with E-state index >= 15 is 0 Å². The summed E-state index contributed by atoms with van der Waals surface area (Å²) in [5, 5.41) is 0.155. The Labute approximate surface area is 72.2 Å². The number of anilines is 1. The van der Waals surface area contributed by atoms with Gasteiger partial charge in [-0.05, 0) is 12.1 Å². The van der Waals surface area contributed by atoms with E-state index in [-0.39, 0.29) is 11.2 Å². The molecule has 2 rings (SSSR count). The van der Waals surface area contributed by atoms with Crippen LogP contribution in [0.3, 0.4) is 0 Å². The second-order valence-corrected chi connectivity index (χ2v) is 2.59. The molecule has 2 aromatic rings. The van der Waals surface area contributed by atoms with Crippen molar-refractivity contribution in [2.75, 3.05) is 5.73 Å². The van der Waals surface area contributed by atoms with Crippen LogP contribution in [0, 0.1) is 5.82 Å². The van der Waals surface area contributed by atoms with Gasteiger partial charge in [0.25, 0.3) is 0 Å². The zero-order valence-corrected chi connectivity index (χ0v) is 6.54. The number of fused-ring (bicyclic) bond motifs is 1. The summed E-state index contributed by atoms with van der Waals surface area (Å²) in [7, 11) is 0. The number of hydrogen-bond acceptors (Lipinski definition) is 3. The van der Waals surface area contributed by atoms with E-state index in [0.29, 0.717) is 5.52 Å². The van der Waals surface area contributed by atoms with Gasteiger partial charge in [-0.15, -0.1) is 0 Å². The van der Waals surface area contributed by atoms with Crippen LogP contribution < -0.4 is 11.4 Å². The summed E-state index contributed by atoms with van der Waals surface area (Å²) < 4.78 is 13.1. The minimum atomic E-state index is -0.574. The van der Waals surface area contributed by atoms with E-state index in [1.807, 2.05) is 0 Å². The van der Waals surface area contributed by atoms with Gasteiger partial charge in [0.15, 0.2) is 0 Å². The summed E-state index contributed by atoms with van der Waals surface area (Å²) in [5.41, 5.74) is 5.17. The van der Waals surface area contributed by atoms with Gasteiger partial charge in [0.05, 0.1) is 10.9 Å². The average molecular weight is 179 g/mol. The van der Waals surface area contributed by atoms with Crippen LogP contribution in [-0.4, -0.2) is 9.97 Å². The van der Waals surface area contributed by atoms with Crippen LogP contribution in [-0.2, 0) is 0 Å². The Morgan fingerprint density at radius 2 is 2.23 bits per heavy atom. The fraction of sp³-hybridized carbons (Fsp3) is 0. The molecule has 66 valence electrons. The van der Waals surface area contributed by atoms with Gasteiger partial charge in [-0.1, -0.05) is 6.07 Å². The Hall–Kier alpha value is -1.91. The zero-order valence-electron chi connectivity index (χ0n) is 6.54. The largest absolute Gasteiger partial charge is 0.383 e. The first-order valence-corrected chi connectivity index (χ1v) is 3.62. The molecule has 1 aromatic carbocycles. The minimum Gasteiger partial charge on any atom is -0.383 e. The van der Waals surface area contributed by atoms with Gasteiger partial charge in [0, 0.05) is 0 Å². The normalized spacial score (nSPS) is 10.5. The van der Waals surface area contributed by atoms with Gasteiger partial charge in [-0.25, -0.2) is 9.18 Å². The third-order valence-electron chi connectivity index (χ3n) is 1.73. The summed E-state index contributed by atoms with van der Waals surface area (Å²) in [4.78, 5) is 16.6. The van der Waals surface area contributed by atoms with Crippen LogP contribution in [0.1, 0.15) is 0 Å². The number of hydrogen-bond donors (Lipinski definition) is 2. The van der Waals surface area contributed by atoms with Gasteiger partial charge >= 0.3 is 5.69 Å². The molecular weight excluding hydrogens is 173 g/mol. The van der Waals surface area contributed by atoms with E-state index in [4.69, 9.17) is 5.73 Å². The topological polar surface area (TPSA) is 71.8 Å². The van der Waals surface area contributed by atoms with Crippen LogP contribution in [0.2, 0.25) is 0 Å². The Balaban J connectivity index is 3.03. The molecule has 13 heavy (non-hydrogen) atoms. The number of nitrogen functional groups attached to an aromatic ring is 1. The van der Waals surface area contributed by atoms with Gasteiger partial charge in [-0.3, -0.25) is 0 Å². The molecule has 0 saturated heterocycles. The number of nitrogens with zero attached hydrogens (tertiary/aromatic N) is 1. The second kappa shape index (κ2) is 2.55. The van der Waals surface area contributed by atoms with Crippen molar-refractivity contribution in [2.45, 2.75) is 0 Å². The summed E-state index contributed by atoms with van der Waals surface area (Å²) >= 11 is 0. The lowest BCUT2D eigenvalue weighted by Gasteiger charge is -2.00. The van der Waals surface area contributed by atoms with Crippen LogP contribution >= 0.6 is 0 Å². The van der Waals surface area contributed by atoms with Crippen LogP contribution in [0.15, 0.2) is 23.0 Å². The molecule has 1 aromatic heterocycles. The predicted molar refractivity (Wildman–Crippen MR) is 46.7 cm³/mol. The number of rotatable bonds is 0. The molecule has 0 amide bonds. The standard InChI is InChI=1S/C8H6FN3O/c9-4-2-1-3-5-6(4)7(10)12-8(13)11-5/h1-3H,(H3,10,11,12,13). The molecule has 0 aliphatic carbocycles. The Kier molecular flexibility index (Phi) is 1.51. The first-order valence-electron chi connectivity index (χ1n) is 3.62. The highest BCUT2D eigenvalue weighted by atomic mass is 19.1. The van der Waals surface area contributed by atoms with E-state index in [1.165, 1.54) is 12.1 Å². The van der Waals surface area contributed by atoms with Crippen LogP contribution in [0.5, 0.6) is 0 Å². The summed E-state index contributed by atoms with van der Waals surface area (Å²) in [5.74, 6) is -0.574. The predicted octanol–water partition coefficient (Wildman–Crippen LogP) is 0.644. The van der Waals surface area contributed by atoms with Gasteiger partial charge in [-0.2, -0.15) is 4.98 Å². The number of aromatic amines is 1. The van der Waals surface area contributed by atoms with Crippen molar-refractivity contribution in [3.05, 3.63) is 34.5 Å². The molecule has 3 N–H and O–H groups in total. The summed E-state index contributed by atoms with van der Waals surface area (Å²) in [6.07, 6.45) is 0. The molecule has 4 nitrogen and oxygen atoms in total. The smallest absolute Gasteiger partial charge is 0.347 e. The van der Waals surface area contributed by atoms with Crippen molar-refractivity contribution in [3.63, 3.8) is 0 Å².